The molecule has 0 atom stereocenters. The Bertz CT molecular complexity index is 543. The predicted molar refractivity (Wildman–Crippen MR) is 164 cm³/mol. The molecule has 224 valence electrons. The van der Waals surface area contributed by atoms with Gasteiger partial charge in [0.25, 0.3) is 0 Å². The number of rotatable bonds is 5. The van der Waals surface area contributed by atoms with Crippen LogP contribution in [-0.2, 0) is 9.59 Å². The topological polar surface area (TPSA) is 118 Å². The van der Waals surface area contributed by atoms with Gasteiger partial charge in [-0.05, 0) is 81.7 Å². The zero-order chi connectivity index (χ0) is 30.9. The first-order valence-electron chi connectivity index (χ1n) is 12.8. The van der Waals surface area contributed by atoms with Crippen molar-refractivity contribution in [2.75, 3.05) is 42.3 Å². The normalized spacial score (nSPS) is 9.49. The molecule has 0 fully saturated rings. The molecule has 0 aromatic rings. The smallest absolute Gasteiger partial charge is 0.314 e. The third-order valence-corrected chi connectivity index (χ3v) is 4.08. The van der Waals surface area contributed by atoms with Gasteiger partial charge in [-0.25, -0.2) is 4.79 Å². The standard InChI is InChI=1S/C6H13NO.C5H12N2O.C5H12N2S.C5H11NO.C5H13N/c1-5(2)6(8)7(3)4;2*1-4(2)7-5(8)6-3;1-4(2)6-5(3)7;1-5(2)6(3)4/h5H,1-4H3;2*4H,1-3H3,(H2,6,7,8);4H,1-3H3,(H,6,7);5H,1-4H3. The van der Waals surface area contributed by atoms with E-state index >= 15 is 0 Å². The number of nitrogens with zero attached hydrogens (tertiary/aromatic N) is 2. The molecule has 0 aliphatic rings. The van der Waals surface area contributed by atoms with Crippen LogP contribution in [0.4, 0.5) is 4.79 Å². The number of urea groups is 1. The number of carbonyl (C=O) groups is 3. The fraction of sp³-hybridized carbons (Fsp3) is 0.846. The minimum Gasteiger partial charge on any atom is -0.366 e. The first-order valence-corrected chi connectivity index (χ1v) is 13.2. The second kappa shape index (κ2) is 28.4. The molecule has 0 aliphatic carbocycles. The van der Waals surface area contributed by atoms with Crippen LogP contribution in [0.25, 0.3) is 0 Å². The SMILES string of the molecule is CC(=O)NC(C)C.CC(C)C(=O)N(C)C.CC(C)N(C)C.CNC(=O)NC(C)C.CNC(=S)NC(C)C. The van der Waals surface area contributed by atoms with Crippen molar-refractivity contribution in [3.8, 4) is 0 Å². The van der Waals surface area contributed by atoms with Gasteiger partial charge in [0.2, 0.25) is 11.8 Å². The summed E-state index contributed by atoms with van der Waals surface area (Å²) >= 11 is 4.81. The molecule has 0 aliphatic heterocycles. The first kappa shape index (κ1) is 44.8. The summed E-state index contributed by atoms with van der Waals surface area (Å²) in [6.07, 6.45) is 0. The lowest BCUT2D eigenvalue weighted by Crippen LogP contribution is -2.37. The number of amides is 4. The van der Waals surface area contributed by atoms with Crippen molar-refractivity contribution in [3.05, 3.63) is 0 Å². The average molecular weight is 552 g/mol. The third-order valence-electron chi connectivity index (χ3n) is 3.75. The molecule has 0 heterocycles. The van der Waals surface area contributed by atoms with Gasteiger partial charge in [0.15, 0.2) is 5.11 Å². The summed E-state index contributed by atoms with van der Waals surface area (Å²) in [6, 6.07) is 1.48. The summed E-state index contributed by atoms with van der Waals surface area (Å²) in [5.41, 5.74) is 0. The van der Waals surface area contributed by atoms with E-state index in [1.165, 1.54) is 6.92 Å². The maximum atomic E-state index is 10.8. The van der Waals surface area contributed by atoms with E-state index in [-0.39, 0.29) is 35.8 Å². The third kappa shape index (κ3) is 51.4. The van der Waals surface area contributed by atoms with Gasteiger partial charge in [-0.2, -0.15) is 0 Å². The minimum atomic E-state index is -0.125. The van der Waals surface area contributed by atoms with E-state index in [1.54, 1.807) is 33.1 Å². The first-order chi connectivity index (χ1) is 16.6. The Balaban J connectivity index is -0.000000116. The van der Waals surface area contributed by atoms with Gasteiger partial charge in [-0.15, -0.1) is 0 Å². The van der Waals surface area contributed by atoms with E-state index in [0.29, 0.717) is 17.2 Å². The molecular formula is C26H61N7O3S. The summed E-state index contributed by atoms with van der Waals surface area (Å²) < 4.78 is 0. The Morgan fingerprint density at radius 2 is 1.00 bits per heavy atom. The van der Waals surface area contributed by atoms with Gasteiger partial charge in [-0.3, -0.25) is 9.59 Å². The zero-order valence-electron chi connectivity index (χ0n) is 26.9. The summed E-state index contributed by atoms with van der Waals surface area (Å²) in [4.78, 5) is 35.1. The van der Waals surface area contributed by atoms with Gasteiger partial charge in [0.1, 0.15) is 0 Å². The lowest BCUT2D eigenvalue weighted by atomic mass is 10.2. The molecule has 0 radical (unpaired) electrons. The van der Waals surface area contributed by atoms with E-state index in [0.717, 1.165) is 0 Å². The highest BCUT2D eigenvalue weighted by atomic mass is 32.1. The van der Waals surface area contributed by atoms with E-state index in [9.17, 15) is 14.4 Å². The molecule has 4 amide bonds. The molecule has 0 aromatic carbocycles. The summed E-state index contributed by atoms with van der Waals surface area (Å²) in [6.45, 7) is 21.4. The molecule has 0 spiro atoms. The van der Waals surface area contributed by atoms with Crippen molar-refractivity contribution in [2.24, 2.45) is 5.92 Å². The average Bonchev–Trinajstić information content (AvgIpc) is 2.72. The Kier molecular flexibility index (Phi) is 34.4. The molecule has 0 rings (SSSR count). The van der Waals surface area contributed by atoms with Crippen molar-refractivity contribution in [1.82, 2.24) is 36.4 Å². The molecule has 5 N–H and O–H groups in total. The summed E-state index contributed by atoms with van der Waals surface area (Å²) in [5, 5.41) is 14.3. The van der Waals surface area contributed by atoms with Crippen molar-refractivity contribution in [2.45, 2.75) is 100 Å². The van der Waals surface area contributed by atoms with Crippen molar-refractivity contribution in [3.63, 3.8) is 0 Å². The van der Waals surface area contributed by atoms with E-state index < -0.39 is 0 Å². The summed E-state index contributed by atoms with van der Waals surface area (Å²) in [5.74, 6) is 0.352. The Morgan fingerprint density at radius 1 is 0.649 bits per heavy atom. The van der Waals surface area contributed by atoms with Crippen LogP contribution in [0.15, 0.2) is 0 Å². The van der Waals surface area contributed by atoms with Crippen LogP contribution < -0.4 is 26.6 Å². The molecule has 0 aromatic heterocycles. The number of hydrogen-bond donors (Lipinski definition) is 5. The highest BCUT2D eigenvalue weighted by Crippen LogP contribution is 1.94. The van der Waals surface area contributed by atoms with Crippen LogP contribution >= 0.6 is 12.2 Å². The van der Waals surface area contributed by atoms with Crippen LogP contribution in [0, 0.1) is 5.92 Å². The highest BCUT2D eigenvalue weighted by Gasteiger charge is 2.06. The monoisotopic (exact) mass is 551 g/mol. The van der Waals surface area contributed by atoms with Crippen LogP contribution in [0.5, 0.6) is 0 Å². The fourth-order valence-corrected chi connectivity index (χ4v) is 1.83. The van der Waals surface area contributed by atoms with Crippen LogP contribution in [0.1, 0.15) is 76.2 Å². The summed E-state index contributed by atoms with van der Waals surface area (Å²) in [7, 11) is 11.1. The highest BCUT2D eigenvalue weighted by molar-refractivity contribution is 7.80. The lowest BCUT2D eigenvalue weighted by Gasteiger charge is -2.12. The molecule has 0 bridgehead atoms. The molecule has 0 saturated carbocycles. The molecule has 10 nitrogen and oxygen atoms in total. The van der Waals surface area contributed by atoms with Crippen molar-refractivity contribution < 1.29 is 14.4 Å². The molecular weight excluding hydrogens is 490 g/mol. The number of carbonyl (C=O) groups excluding carboxylic acids is 3. The number of hydrogen-bond acceptors (Lipinski definition) is 5. The van der Waals surface area contributed by atoms with Gasteiger partial charge >= 0.3 is 6.03 Å². The van der Waals surface area contributed by atoms with Crippen LogP contribution in [0.3, 0.4) is 0 Å². The van der Waals surface area contributed by atoms with Crippen molar-refractivity contribution >= 4 is 35.2 Å². The fourth-order valence-electron chi connectivity index (χ4n) is 1.59. The van der Waals surface area contributed by atoms with Gasteiger partial charge in [0, 0.05) is 65.2 Å². The maximum Gasteiger partial charge on any atom is 0.314 e. The maximum absolute atomic E-state index is 10.8. The number of nitrogens with one attached hydrogen (secondary N) is 5. The predicted octanol–water partition coefficient (Wildman–Crippen LogP) is 3.03. The Hall–Kier alpha value is -2.14. The largest absolute Gasteiger partial charge is 0.366 e. The lowest BCUT2D eigenvalue weighted by molar-refractivity contribution is -0.131. The van der Waals surface area contributed by atoms with Gasteiger partial charge in [0.05, 0.1) is 0 Å². The van der Waals surface area contributed by atoms with E-state index in [1.807, 2.05) is 55.4 Å². The minimum absolute atomic E-state index is 0.0370. The van der Waals surface area contributed by atoms with Crippen LogP contribution in [-0.4, -0.2) is 99.2 Å². The molecule has 11 heteroatoms. The molecule has 0 unspecified atom stereocenters. The second-order valence-corrected chi connectivity index (χ2v) is 10.5. The molecule has 0 saturated heterocycles. The Morgan fingerprint density at radius 3 is 1.05 bits per heavy atom. The van der Waals surface area contributed by atoms with E-state index in [2.05, 4.69) is 59.4 Å². The Labute approximate surface area is 234 Å². The van der Waals surface area contributed by atoms with Gasteiger partial charge in [-0.1, -0.05) is 13.8 Å². The number of thiocarbonyl (C=S) groups is 1. The quantitative estimate of drug-likeness (QED) is 0.333. The molecule has 37 heavy (non-hydrogen) atoms. The zero-order valence-corrected chi connectivity index (χ0v) is 27.7. The van der Waals surface area contributed by atoms with E-state index in [4.69, 9.17) is 12.2 Å². The van der Waals surface area contributed by atoms with Crippen molar-refractivity contribution in [1.29, 1.82) is 0 Å². The second-order valence-electron chi connectivity index (χ2n) is 10.1. The van der Waals surface area contributed by atoms with Gasteiger partial charge < -0.3 is 36.4 Å². The van der Waals surface area contributed by atoms with Crippen LogP contribution in [0.2, 0.25) is 0 Å².